The van der Waals surface area contributed by atoms with Gasteiger partial charge in [-0.3, -0.25) is 0 Å². The maximum Gasteiger partial charge on any atom is 0.324 e. The van der Waals surface area contributed by atoms with Gasteiger partial charge >= 0.3 is 9.28 Å². The van der Waals surface area contributed by atoms with Gasteiger partial charge in [-0.25, -0.2) is 0 Å². The van der Waals surface area contributed by atoms with Crippen LogP contribution in [0.2, 0.25) is 5.54 Å². The van der Waals surface area contributed by atoms with Crippen molar-refractivity contribution in [1.82, 2.24) is 0 Å². The molecular formula is C9H22O2Si. The molecule has 0 saturated carbocycles. The van der Waals surface area contributed by atoms with Crippen molar-refractivity contribution in [3.63, 3.8) is 0 Å². The van der Waals surface area contributed by atoms with E-state index in [1.807, 2.05) is 0 Å². The van der Waals surface area contributed by atoms with Crippen LogP contribution in [0, 0.1) is 0 Å². The zero-order chi connectivity index (χ0) is 9.40. The van der Waals surface area contributed by atoms with E-state index in [4.69, 9.17) is 8.85 Å². The molecule has 0 aromatic rings. The first-order valence-corrected chi connectivity index (χ1v) is 6.56. The summed E-state index contributed by atoms with van der Waals surface area (Å²) in [5, 5.41) is 0. The minimum atomic E-state index is -1.34. The van der Waals surface area contributed by atoms with Gasteiger partial charge in [-0.15, -0.1) is 0 Å². The largest absolute Gasteiger partial charge is 0.396 e. The SMILES string of the molecule is CCCO[SiH](OCCC)C(C)C. The normalized spacial score (nSPS) is 11.5. The summed E-state index contributed by atoms with van der Waals surface area (Å²) in [6.07, 6.45) is 2.18. The fraction of sp³-hybridized carbons (Fsp3) is 1.00. The fourth-order valence-electron chi connectivity index (χ4n) is 0.901. The zero-order valence-corrected chi connectivity index (χ0v) is 9.95. The van der Waals surface area contributed by atoms with E-state index in [1.165, 1.54) is 0 Å². The van der Waals surface area contributed by atoms with Crippen LogP contribution in [0.5, 0.6) is 0 Å². The Labute approximate surface area is 78.1 Å². The Morgan fingerprint density at radius 3 is 1.67 bits per heavy atom. The molecule has 0 amide bonds. The average Bonchev–Trinajstić information content (AvgIpc) is 2.04. The lowest BCUT2D eigenvalue weighted by Gasteiger charge is -2.18. The molecule has 12 heavy (non-hydrogen) atoms. The minimum absolute atomic E-state index is 0.586. The lowest BCUT2D eigenvalue weighted by molar-refractivity contribution is 0.190. The Kier molecular flexibility index (Phi) is 7.86. The number of hydrogen-bond donors (Lipinski definition) is 0. The van der Waals surface area contributed by atoms with Crippen molar-refractivity contribution in [2.24, 2.45) is 0 Å². The van der Waals surface area contributed by atoms with Crippen molar-refractivity contribution in [3.05, 3.63) is 0 Å². The van der Waals surface area contributed by atoms with Gasteiger partial charge in [0.1, 0.15) is 0 Å². The van der Waals surface area contributed by atoms with Crippen LogP contribution >= 0.6 is 0 Å². The predicted molar refractivity (Wildman–Crippen MR) is 54.7 cm³/mol. The third kappa shape index (κ3) is 5.74. The molecule has 0 aliphatic heterocycles. The first kappa shape index (κ1) is 12.1. The highest BCUT2D eigenvalue weighted by molar-refractivity contribution is 6.46. The molecule has 0 unspecified atom stereocenters. The molecule has 0 radical (unpaired) electrons. The van der Waals surface area contributed by atoms with Gasteiger partial charge in [-0.1, -0.05) is 27.7 Å². The predicted octanol–water partition coefficient (Wildman–Crippen LogP) is 2.47. The number of rotatable bonds is 7. The quantitative estimate of drug-likeness (QED) is 0.574. The highest BCUT2D eigenvalue weighted by Crippen LogP contribution is 2.10. The smallest absolute Gasteiger partial charge is 0.324 e. The standard InChI is InChI=1S/C9H22O2Si/c1-5-7-10-12(9(3)4)11-8-6-2/h9,12H,5-8H2,1-4H3. The second kappa shape index (κ2) is 7.77. The third-order valence-electron chi connectivity index (χ3n) is 1.52. The lowest BCUT2D eigenvalue weighted by Crippen LogP contribution is -2.27. The minimum Gasteiger partial charge on any atom is -0.396 e. The van der Waals surface area contributed by atoms with Gasteiger partial charge < -0.3 is 8.85 Å². The summed E-state index contributed by atoms with van der Waals surface area (Å²) in [6.45, 7) is 10.3. The van der Waals surface area contributed by atoms with E-state index in [9.17, 15) is 0 Å². The van der Waals surface area contributed by atoms with Gasteiger partial charge in [0.25, 0.3) is 0 Å². The van der Waals surface area contributed by atoms with Crippen LogP contribution in [0.25, 0.3) is 0 Å². The Balaban J connectivity index is 3.55. The van der Waals surface area contributed by atoms with Gasteiger partial charge in [-0.2, -0.15) is 0 Å². The molecule has 0 bridgehead atoms. The van der Waals surface area contributed by atoms with E-state index in [-0.39, 0.29) is 0 Å². The summed E-state index contributed by atoms with van der Waals surface area (Å²) in [4.78, 5) is 0. The second-order valence-electron chi connectivity index (χ2n) is 3.35. The summed E-state index contributed by atoms with van der Waals surface area (Å²) in [5.41, 5.74) is 0.586. The van der Waals surface area contributed by atoms with E-state index in [0.29, 0.717) is 5.54 Å². The summed E-state index contributed by atoms with van der Waals surface area (Å²) in [7, 11) is -1.34. The van der Waals surface area contributed by atoms with Gasteiger partial charge in [0, 0.05) is 13.2 Å². The molecular weight excluding hydrogens is 168 g/mol. The molecule has 0 spiro atoms. The van der Waals surface area contributed by atoms with E-state index in [2.05, 4.69) is 27.7 Å². The maximum absolute atomic E-state index is 5.67. The van der Waals surface area contributed by atoms with Crippen LogP contribution in [-0.2, 0) is 8.85 Å². The summed E-state index contributed by atoms with van der Waals surface area (Å²) >= 11 is 0. The van der Waals surface area contributed by atoms with Gasteiger partial charge in [0.2, 0.25) is 0 Å². The lowest BCUT2D eigenvalue weighted by atomic mass is 10.5. The van der Waals surface area contributed by atoms with E-state index < -0.39 is 9.28 Å². The molecule has 0 aromatic carbocycles. The maximum atomic E-state index is 5.67. The van der Waals surface area contributed by atoms with Crippen LogP contribution in [0.15, 0.2) is 0 Å². The van der Waals surface area contributed by atoms with Crippen molar-refractivity contribution < 1.29 is 8.85 Å². The van der Waals surface area contributed by atoms with Gasteiger partial charge in [0.15, 0.2) is 0 Å². The Bertz CT molecular complexity index is 88.5. The fourth-order valence-corrected chi connectivity index (χ4v) is 2.70. The molecule has 74 valence electrons. The molecule has 3 heteroatoms. The highest BCUT2D eigenvalue weighted by atomic mass is 28.3. The first-order chi connectivity index (χ1) is 5.72. The van der Waals surface area contributed by atoms with Crippen molar-refractivity contribution in [1.29, 1.82) is 0 Å². The van der Waals surface area contributed by atoms with E-state index in [1.54, 1.807) is 0 Å². The Morgan fingerprint density at radius 1 is 1.00 bits per heavy atom. The highest BCUT2D eigenvalue weighted by Gasteiger charge is 2.17. The molecule has 2 nitrogen and oxygen atoms in total. The monoisotopic (exact) mass is 190 g/mol. The molecule has 0 saturated heterocycles. The third-order valence-corrected chi connectivity index (χ3v) is 3.73. The van der Waals surface area contributed by atoms with E-state index >= 15 is 0 Å². The average molecular weight is 190 g/mol. The summed E-state index contributed by atoms with van der Waals surface area (Å²) < 4.78 is 11.3. The molecule has 0 heterocycles. The van der Waals surface area contributed by atoms with Crippen LogP contribution < -0.4 is 0 Å². The molecule has 0 aliphatic carbocycles. The Hall–Kier alpha value is 0.137. The van der Waals surface area contributed by atoms with Gasteiger partial charge in [-0.05, 0) is 18.4 Å². The second-order valence-corrected chi connectivity index (χ2v) is 6.09. The number of hydrogen-bond acceptors (Lipinski definition) is 2. The molecule has 0 atom stereocenters. The van der Waals surface area contributed by atoms with Gasteiger partial charge in [0.05, 0.1) is 0 Å². The molecule has 0 aromatic heterocycles. The summed E-state index contributed by atoms with van der Waals surface area (Å²) in [6, 6.07) is 0. The van der Waals surface area contributed by atoms with Crippen molar-refractivity contribution in [2.45, 2.75) is 46.1 Å². The molecule has 0 fully saturated rings. The molecule has 0 N–H and O–H groups in total. The molecule has 0 aliphatic rings. The Morgan fingerprint density at radius 2 is 1.42 bits per heavy atom. The summed E-state index contributed by atoms with van der Waals surface area (Å²) in [5.74, 6) is 0. The molecule has 0 rings (SSSR count). The first-order valence-electron chi connectivity index (χ1n) is 4.95. The van der Waals surface area contributed by atoms with Crippen molar-refractivity contribution in [3.8, 4) is 0 Å². The van der Waals surface area contributed by atoms with Crippen LogP contribution in [0.4, 0.5) is 0 Å². The van der Waals surface area contributed by atoms with Crippen molar-refractivity contribution >= 4 is 9.28 Å². The van der Waals surface area contributed by atoms with Crippen LogP contribution in [0.3, 0.4) is 0 Å². The van der Waals surface area contributed by atoms with Crippen molar-refractivity contribution in [2.75, 3.05) is 13.2 Å². The van der Waals surface area contributed by atoms with E-state index in [0.717, 1.165) is 26.1 Å². The zero-order valence-electron chi connectivity index (χ0n) is 8.80. The van der Waals surface area contributed by atoms with Crippen LogP contribution in [0.1, 0.15) is 40.5 Å². The topological polar surface area (TPSA) is 18.5 Å². The van der Waals surface area contributed by atoms with Crippen LogP contribution in [-0.4, -0.2) is 22.5 Å².